The Hall–Kier alpha value is -7.23. The first-order valence-corrected chi connectivity index (χ1v) is 18.9. The lowest BCUT2D eigenvalue weighted by atomic mass is 9.92. The highest BCUT2D eigenvalue weighted by Crippen LogP contribution is 2.36. The third kappa shape index (κ3) is 8.28. The summed E-state index contributed by atoms with van der Waals surface area (Å²) < 4.78 is 2.35. The zero-order valence-electron chi connectivity index (χ0n) is 31.8. The van der Waals surface area contributed by atoms with Crippen LogP contribution >= 0.6 is 0 Å². The number of nitrogens with one attached hydrogen (secondary N) is 1. The molecule has 1 aromatic heterocycles. The van der Waals surface area contributed by atoms with Crippen molar-refractivity contribution in [2.24, 2.45) is 4.99 Å². The number of fused-ring (bicyclic) bond motifs is 3. The Kier molecular flexibility index (Phi) is 11.7. The molecule has 0 radical (unpaired) electrons. The smallest absolute Gasteiger partial charge is 0.0705 e. The van der Waals surface area contributed by atoms with Crippen LogP contribution in [0.5, 0.6) is 0 Å². The monoisotopic (exact) mass is 723 g/mol. The highest BCUT2D eigenvalue weighted by atomic mass is 15.0. The van der Waals surface area contributed by atoms with Gasteiger partial charge in [0.25, 0.3) is 0 Å². The molecule has 56 heavy (non-hydrogen) atoms. The summed E-state index contributed by atoms with van der Waals surface area (Å²) in [6.45, 7) is 14.5. The van der Waals surface area contributed by atoms with E-state index in [1.807, 2.05) is 54.9 Å². The molecule has 7 rings (SSSR count). The van der Waals surface area contributed by atoms with E-state index < -0.39 is 0 Å². The summed E-state index contributed by atoms with van der Waals surface area (Å²) in [4.78, 5) is 5.09. The number of para-hydroxylation sites is 2. The molecular formula is C53H45N3. The molecule has 3 nitrogen and oxygen atoms in total. The number of nitrogens with zero attached hydrogens (tertiary/aromatic N) is 2. The molecule has 2 heterocycles. The molecule has 0 saturated carbocycles. The zero-order chi connectivity index (χ0) is 38.7. The number of allylic oxidation sites excluding steroid dienone is 14. The Morgan fingerprint density at radius 3 is 2.16 bits per heavy atom. The van der Waals surface area contributed by atoms with Crippen molar-refractivity contribution in [2.45, 2.75) is 6.92 Å². The quantitative estimate of drug-likeness (QED) is 0.0933. The van der Waals surface area contributed by atoms with Gasteiger partial charge in [-0.15, -0.1) is 0 Å². The van der Waals surface area contributed by atoms with E-state index in [0.717, 1.165) is 62.5 Å². The largest absolute Gasteiger partial charge is 0.387 e. The molecular weight excluding hydrogens is 679 g/mol. The third-order valence-corrected chi connectivity index (χ3v) is 9.83. The molecule has 0 atom stereocenters. The van der Waals surface area contributed by atoms with Gasteiger partial charge in [0.2, 0.25) is 0 Å². The van der Waals surface area contributed by atoms with Crippen molar-refractivity contribution < 1.29 is 0 Å². The Morgan fingerprint density at radius 2 is 1.39 bits per heavy atom. The summed E-state index contributed by atoms with van der Waals surface area (Å²) in [7, 11) is 0. The van der Waals surface area contributed by atoms with Gasteiger partial charge in [-0.25, -0.2) is 0 Å². The van der Waals surface area contributed by atoms with Crippen molar-refractivity contribution in [3.63, 3.8) is 0 Å². The van der Waals surface area contributed by atoms with Gasteiger partial charge < -0.3 is 9.88 Å². The van der Waals surface area contributed by atoms with E-state index in [0.29, 0.717) is 0 Å². The number of hydrogen-bond acceptors (Lipinski definition) is 2. The number of aromatic nitrogens is 1. The van der Waals surface area contributed by atoms with Gasteiger partial charge in [0, 0.05) is 34.8 Å². The van der Waals surface area contributed by atoms with Gasteiger partial charge in [-0.2, -0.15) is 0 Å². The van der Waals surface area contributed by atoms with E-state index in [4.69, 9.17) is 4.99 Å². The minimum absolute atomic E-state index is 0.775. The van der Waals surface area contributed by atoms with Gasteiger partial charge in [-0.3, -0.25) is 4.99 Å². The van der Waals surface area contributed by atoms with E-state index in [1.54, 1.807) is 12.2 Å². The maximum Gasteiger partial charge on any atom is 0.0705 e. The zero-order valence-corrected chi connectivity index (χ0v) is 31.8. The van der Waals surface area contributed by atoms with E-state index in [9.17, 15) is 0 Å². The maximum atomic E-state index is 5.09. The van der Waals surface area contributed by atoms with Crippen LogP contribution < -0.4 is 5.32 Å². The lowest BCUT2D eigenvalue weighted by Gasteiger charge is -2.15. The first kappa shape index (κ1) is 37.1. The molecule has 3 heteroatoms. The van der Waals surface area contributed by atoms with Crippen LogP contribution in [0.4, 0.5) is 0 Å². The van der Waals surface area contributed by atoms with Crippen LogP contribution in [0, 0.1) is 0 Å². The molecule has 1 aliphatic heterocycles. The van der Waals surface area contributed by atoms with Crippen molar-refractivity contribution in [2.75, 3.05) is 6.54 Å². The number of aliphatic imine (C=N–C) groups is 1. The first-order chi connectivity index (χ1) is 27.6. The van der Waals surface area contributed by atoms with Gasteiger partial charge in [-0.1, -0.05) is 141 Å². The molecule has 0 saturated heterocycles. The summed E-state index contributed by atoms with van der Waals surface area (Å²) in [6.07, 6.45) is 27.5. The van der Waals surface area contributed by atoms with Gasteiger partial charge in [-0.05, 0) is 124 Å². The Labute approximate surface area is 330 Å². The van der Waals surface area contributed by atoms with E-state index >= 15 is 0 Å². The van der Waals surface area contributed by atoms with Crippen molar-refractivity contribution in [3.05, 3.63) is 243 Å². The molecule has 1 aliphatic rings. The molecule has 5 aromatic carbocycles. The molecule has 6 aromatic rings. The van der Waals surface area contributed by atoms with E-state index in [-0.39, 0.29) is 0 Å². The highest BCUT2D eigenvalue weighted by Gasteiger charge is 2.15. The maximum absolute atomic E-state index is 5.09. The molecule has 0 fully saturated rings. The first-order valence-electron chi connectivity index (χ1n) is 18.9. The fourth-order valence-electron chi connectivity index (χ4n) is 7.05. The minimum Gasteiger partial charge on any atom is -0.387 e. The molecule has 1 N–H and O–H groups in total. The molecule has 0 bridgehead atoms. The Balaban J connectivity index is 1.38. The second-order valence-corrected chi connectivity index (χ2v) is 13.4. The van der Waals surface area contributed by atoms with Crippen molar-refractivity contribution >= 4 is 44.2 Å². The van der Waals surface area contributed by atoms with Crippen LogP contribution in [0.1, 0.15) is 29.2 Å². The predicted molar refractivity (Wildman–Crippen MR) is 244 cm³/mol. The average Bonchev–Trinajstić information content (AvgIpc) is 3.59. The fourth-order valence-corrected chi connectivity index (χ4v) is 7.05. The highest BCUT2D eigenvalue weighted by molar-refractivity contribution is 6.14. The SMILES string of the molecule is C=C/C=C/C=C\C=C/N=C(\C=C(/C)c1ccc(/C(C=C)=C/C=C)cc1)c1cc(C2=CCNC=C2)cc(-c2ccc3c(c2)c2ccccc2n3-c2ccccc2)c1. The topological polar surface area (TPSA) is 29.3 Å². The van der Waals surface area contributed by atoms with Crippen LogP contribution in [0.3, 0.4) is 0 Å². The molecule has 0 amide bonds. The number of benzene rings is 5. The lowest BCUT2D eigenvalue weighted by molar-refractivity contribution is 0.976. The predicted octanol–water partition coefficient (Wildman–Crippen LogP) is 13.4. The summed E-state index contributed by atoms with van der Waals surface area (Å²) in [5.41, 5.74) is 14.3. The van der Waals surface area contributed by atoms with Gasteiger partial charge in [0.05, 0.1) is 16.7 Å². The third-order valence-electron chi connectivity index (χ3n) is 9.83. The van der Waals surface area contributed by atoms with Gasteiger partial charge >= 0.3 is 0 Å². The van der Waals surface area contributed by atoms with Crippen LogP contribution in [-0.4, -0.2) is 16.8 Å². The van der Waals surface area contributed by atoms with Crippen LogP contribution in [0.25, 0.3) is 55.3 Å². The van der Waals surface area contributed by atoms with Crippen LogP contribution in [0.2, 0.25) is 0 Å². The van der Waals surface area contributed by atoms with Crippen molar-refractivity contribution in [3.8, 4) is 16.8 Å². The molecule has 0 aliphatic carbocycles. The molecule has 0 unspecified atom stereocenters. The molecule has 272 valence electrons. The standard InChI is InChI=1S/C53H45N3/c1-5-8-9-10-11-17-31-55-51(34-39(4)41-23-25-42(26-24-41)40(7-3)18-6-2)47-36-45(43-29-32-54-33-30-43)35-46(37-47)44-27-28-53-50(38-44)49-21-15-16-22-52(49)56(53)48-19-13-12-14-20-48/h5-32,34-38,54H,1-3,33H2,4H3/b9-8+,11-10-,31-17-,39-34+,40-18+,55-51+. The van der Waals surface area contributed by atoms with Crippen molar-refractivity contribution in [1.29, 1.82) is 0 Å². The second kappa shape index (κ2) is 17.7. The summed E-state index contributed by atoms with van der Waals surface area (Å²) in [5.74, 6) is 0. The number of hydrogen-bond donors (Lipinski definition) is 1. The van der Waals surface area contributed by atoms with Crippen LogP contribution in [0.15, 0.2) is 225 Å². The normalized spacial score (nSPS) is 13.9. The Morgan fingerprint density at radius 1 is 0.661 bits per heavy atom. The van der Waals surface area contributed by atoms with Crippen LogP contribution in [-0.2, 0) is 0 Å². The van der Waals surface area contributed by atoms with E-state index in [1.165, 1.54) is 27.4 Å². The summed E-state index contributed by atoms with van der Waals surface area (Å²) in [5, 5.41) is 5.74. The Bertz CT molecular complexity index is 2660. The van der Waals surface area contributed by atoms with E-state index in [2.05, 4.69) is 170 Å². The number of dihydropyridines is 1. The van der Waals surface area contributed by atoms with Gasteiger partial charge in [0.1, 0.15) is 0 Å². The lowest BCUT2D eigenvalue weighted by Crippen LogP contribution is -2.08. The summed E-state index contributed by atoms with van der Waals surface area (Å²) in [6, 6.07) is 41.5. The fraction of sp³-hybridized carbons (Fsp3) is 0.0377. The molecule has 0 spiro atoms. The second-order valence-electron chi connectivity index (χ2n) is 13.4. The number of rotatable bonds is 13. The minimum atomic E-state index is 0.775. The summed E-state index contributed by atoms with van der Waals surface area (Å²) >= 11 is 0. The average molecular weight is 724 g/mol. The van der Waals surface area contributed by atoms with Gasteiger partial charge in [0.15, 0.2) is 0 Å². The van der Waals surface area contributed by atoms with Crippen molar-refractivity contribution in [1.82, 2.24) is 9.88 Å².